The first-order valence-electron chi connectivity index (χ1n) is 9.39. The number of methoxy groups -OCH3 is 1. The summed E-state index contributed by atoms with van der Waals surface area (Å²) in [7, 11) is -0.0802. The molecule has 0 unspecified atom stereocenters. The molecule has 0 amide bonds. The van der Waals surface area contributed by atoms with E-state index in [1.54, 1.807) is 0 Å². The number of rotatable bonds is 2. The minimum Gasteiger partial charge on any atom is -0.466 e. The SMILES string of the molecule is COC(=O)C1=C([Si](C)(C)C)[C@@H]2[C@H]3C[C@@H]4CCCCC[C@]42O[C@@H]1C3. The Bertz CT molecular complexity index is 561. The van der Waals surface area contributed by atoms with E-state index in [4.69, 9.17) is 9.47 Å². The van der Waals surface area contributed by atoms with E-state index in [1.807, 2.05) is 0 Å². The summed E-state index contributed by atoms with van der Waals surface area (Å²) >= 11 is 0. The molecule has 0 aromatic heterocycles. The number of esters is 1. The maximum absolute atomic E-state index is 12.5. The van der Waals surface area contributed by atoms with E-state index in [9.17, 15) is 4.79 Å². The van der Waals surface area contributed by atoms with Crippen molar-refractivity contribution in [2.75, 3.05) is 7.11 Å². The zero-order chi connectivity index (χ0) is 16.4. The highest BCUT2D eigenvalue weighted by Gasteiger charge is 2.66. The van der Waals surface area contributed by atoms with Crippen LogP contribution in [0.4, 0.5) is 0 Å². The Morgan fingerprint density at radius 3 is 2.70 bits per heavy atom. The summed E-state index contributed by atoms with van der Waals surface area (Å²) < 4.78 is 11.9. The second kappa shape index (κ2) is 5.19. The summed E-state index contributed by atoms with van der Waals surface area (Å²) in [5.41, 5.74) is 0.973. The van der Waals surface area contributed by atoms with Gasteiger partial charge in [-0.05, 0) is 37.5 Å². The molecule has 3 nitrogen and oxygen atoms in total. The first-order chi connectivity index (χ1) is 10.9. The predicted octanol–water partition coefficient (Wildman–Crippen LogP) is 4.09. The Labute approximate surface area is 140 Å². The lowest BCUT2D eigenvalue weighted by molar-refractivity contribution is -0.172. The van der Waals surface area contributed by atoms with Crippen molar-refractivity contribution in [3.63, 3.8) is 0 Å². The number of ether oxygens (including phenoxy) is 2. The first kappa shape index (κ1) is 15.9. The van der Waals surface area contributed by atoms with Crippen molar-refractivity contribution in [3.8, 4) is 0 Å². The Kier molecular flexibility index (Phi) is 3.58. The number of carbonyl (C=O) groups excluding carboxylic acids is 1. The van der Waals surface area contributed by atoms with Gasteiger partial charge in [0.15, 0.2) is 0 Å². The van der Waals surface area contributed by atoms with Gasteiger partial charge in [0, 0.05) is 5.92 Å². The van der Waals surface area contributed by atoms with E-state index in [-0.39, 0.29) is 17.7 Å². The van der Waals surface area contributed by atoms with E-state index >= 15 is 0 Å². The van der Waals surface area contributed by atoms with Gasteiger partial charge < -0.3 is 9.47 Å². The lowest BCUT2D eigenvalue weighted by Crippen LogP contribution is -2.59. The van der Waals surface area contributed by atoms with Gasteiger partial charge in [-0.1, -0.05) is 44.1 Å². The van der Waals surface area contributed by atoms with Crippen molar-refractivity contribution < 1.29 is 14.3 Å². The smallest absolute Gasteiger partial charge is 0.335 e. The fourth-order valence-electron chi connectivity index (χ4n) is 6.31. The van der Waals surface area contributed by atoms with Gasteiger partial charge in [-0.3, -0.25) is 0 Å². The van der Waals surface area contributed by atoms with Gasteiger partial charge >= 0.3 is 5.97 Å². The molecule has 0 radical (unpaired) electrons. The molecule has 5 atom stereocenters. The van der Waals surface area contributed by atoms with Crippen LogP contribution in [-0.4, -0.2) is 32.9 Å². The highest BCUT2D eigenvalue weighted by atomic mass is 28.3. The molecule has 128 valence electrons. The highest BCUT2D eigenvalue weighted by molar-refractivity contribution is 6.83. The van der Waals surface area contributed by atoms with Crippen LogP contribution in [0.15, 0.2) is 10.8 Å². The fourth-order valence-corrected chi connectivity index (χ4v) is 8.80. The molecule has 4 bridgehead atoms. The lowest BCUT2D eigenvalue weighted by Gasteiger charge is -2.55. The molecule has 1 spiro atoms. The normalized spacial score (nSPS) is 42.4. The second-order valence-electron chi connectivity index (χ2n) is 9.14. The third-order valence-corrected chi connectivity index (χ3v) is 9.11. The van der Waals surface area contributed by atoms with Gasteiger partial charge in [-0.2, -0.15) is 0 Å². The van der Waals surface area contributed by atoms with Crippen LogP contribution in [0.2, 0.25) is 19.6 Å². The molecular formula is C19H30O3Si. The van der Waals surface area contributed by atoms with Gasteiger partial charge in [0.1, 0.15) is 0 Å². The minimum absolute atomic E-state index is 0.00211. The van der Waals surface area contributed by atoms with Crippen molar-refractivity contribution >= 4 is 14.0 Å². The van der Waals surface area contributed by atoms with Crippen molar-refractivity contribution in [1.82, 2.24) is 0 Å². The van der Waals surface area contributed by atoms with Crippen molar-refractivity contribution in [1.29, 1.82) is 0 Å². The van der Waals surface area contributed by atoms with Crippen LogP contribution in [0, 0.1) is 17.8 Å². The van der Waals surface area contributed by atoms with Crippen LogP contribution >= 0.6 is 0 Å². The van der Waals surface area contributed by atoms with Crippen LogP contribution in [0.5, 0.6) is 0 Å². The van der Waals surface area contributed by atoms with Gasteiger partial charge in [0.25, 0.3) is 0 Å². The molecule has 1 saturated heterocycles. The number of carbonyl (C=O) groups is 1. The zero-order valence-corrected chi connectivity index (χ0v) is 16.0. The Morgan fingerprint density at radius 1 is 1.22 bits per heavy atom. The lowest BCUT2D eigenvalue weighted by atomic mass is 9.69. The Balaban J connectivity index is 1.87. The Morgan fingerprint density at radius 2 is 2.00 bits per heavy atom. The number of hydrogen-bond acceptors (Lipinski definition) is 3. The molecule has 2 aliphatic heterocycles. The van der Waals surface area contributed by atoms with E-state index in [2.05, 4.69) is 19.6 Å². The monoisotopic (exact) mass is 334 g/mol. The second-order valence-corrected chi connectivity index (χ2v) is 14.2. The predicted molar refractivity (Wildman–Crippen MR) is 92.8 cm³/mol. The molecule has 5 aliphatic rings. The zero-order valence-electron chi connectivity index (χ0n) is 15.0. The standard InChI is InChI=1S/C19H30O3Si/c1-21-18(20)15-14-11-12-10-13-8-6-5-7-9-19(13,22-14)16(12)17(15)23(2,3)4/h12-14,16H,5-11H2,1-4H3/t12-,13-,14+,16-,19-/m0/s1. The highest BCUT2D eigenvalue weighted by Crippen LogP contribution is 2.65. The van der Waals surface area contributed by atoms with Crippen molar-refractivity contribution in [2.45, 2.75) is 76.3 Å². The molecule has 3 fully saturated rings. The summed E-state index contributed by atoms with van der Waals surface area (Å²) in [5.74, 6) is 1.83. The summed E-state index contributed by atoms with van der Waals surface area (Å²) in [6.07, 6.45) is 8.89. The van der Waals surface area contributed by atoms with E-state index < -0.39 is 8.07 Å². The third kappa shape index (κ3) is 2.13. The molecule has 0 aromatic carbocycles. The van der Waals surface area contributed by atoms with Crippen LogP contribution in [0.3, 0.4) is 0 Å². The largest absolute Gasteiger partial charge is 0.466 e. The van der Waals surface area contributed by atoms with Gasteiger partial charge in [0.2, 0.25) is 0 Å². The molecule has 0 N–H and O–H groups in total. The first-order valence-corrected chi connectivity index (χ1v) is 12.9. The van der Waals surface area contributed by atoms with Crippen LogP contribution in [-0.2, 0) is 14.3 Å². The third-order valence-electron chi connectivity index (χ3n) is 6.91. The molecule has 23 heavy (non-hydrogen) atoms. The molecule has 0 aromatic rings. The average molecular weight is 335 g/mol. The molecular weight excluding hydrogens is 304 g/mol. The summed E-state index contributed by atoms with van der Waals surface area (Å²) in [5, 5.41) is 1.50. The Hall–Kier alpha value is -0.613. The molecule has 5 rings (SSSR count). The maximum Gasteiger partial charge on any atom is 0.335 e. The molecule has 2 heterocycles. The van der Waals surface area contributed by atoms with Crippen molar-refractivity contribution in [3.05, 3.63) is 10.8 Å². The quantitative estimate of drug-likeness (QED) is 0.563. The van der Waals surface area contributed by atoms with E-state index in [0.717, 1.165) is 23.8 Å². The fraction of sp³-hybridized carbons (Fsp3) is 0.842. The van der Waals surface area contributed by atoms with Gasteiger partial charge in [-0.15, -0.1) is 0 Å². The van der Waals surface area contributed by atoms with Crippen LogP contribution < -0.4 is 0 Å². The minimum atomic E-state index is -1.59. The topological polar surface area (TPSA) is 35.5 Å². The van der Waals surface area contributed by atoms with Crippen LogP contribution in [0.25, 0.3) is 0 Å². The van der Waals surface area contributed by atoms with E-state index in [1.165, 1.54) is 50.8 Å². The molecule has 4 heteroatoms. The summed E-state index contributed by atoms with van der Waals surface area (Å²) in [6, 6.07) is 0. The molecule has 3 aliphatic carbocycles. The van der Waals surface area contributed by atoms with Gasteiger partial charge in [0.05, 0.1) is 32.5 Å². The number of hydrogen-bond donors (Lipinski definition) is 0. The summed E-state index contributed by atoms with van der Waals surface area (Å²) in [6.45, 7) is 7.19. The van der Waals surface area contributed by atoms with Crippen LogP contribution in [0.1, 0.15) is 44.9 Å². The molecule has 2 saturated carbocycles. The summed E-state index contributed by atoms with van der Waals surface area (Å²) in [4.78, 5) is 12.5. The maximum atomic E-state index is 12.5. The van der Waals surface area contributed by atoms with Gasteiger partial charge in [-0.25, -0.2) is 4.79 Å². The van der Waals surface area contributed by atoms with Crippen molar-refractivity contribution in [2.24, 2.45) is 17.8 Å². The average Bonchev–Trinajstić information content (AvgIpc) is 2.62. The van der Waals surface area contributed by atoms with E-state index in [0.29, 0.717) is 5.92 Å².